The van der Waals surface area contributed by atoms with Crippen LogP contribution in [0.25, 0.3) is 0 Å². The topological polar surface area (TPSA) is 46.6 Å². The Balaban J connectivity index is 1.95. The van der Waals surface area contributed by atoms with Gasteiger partial charge < -0.3 is 9.64 Å². The number of esters is 1. The number of hydrogen-bond donors (Lipinski definition) is 0. The van der Waals surface area contributed by atoms with Crippen molar-refractivity contribution in [2.45, 2.75) is 26.9 Å². The van der Waals surface area contributed by atoms with Crippen LogP contribution in [0.5, 0.6) is 0 Å². The van der Waals surface area contributed by atoms with E-state index in [2.05, 4.69) is 4.90 Å². The Morgan fingerprint density at radius 2 is 1.95 bits per heavy atom. The Morgan fingerprint density at radius 1 is 1.29 bits per heavy atom. The molecule has 21 heavy (non-hydrogen) atoms. The highest BCUT2D eigenvalue weighted by atomic mass is 16.5. The van der Waals surface area contributed by atoms with E-state index in [9.17, 15) is 9.59 Å². The summed E-state index contributed by atoms with van der Waals surface area (Å²) < 4.78 is 5.33. The summed E-state index contributed by atoms with van der Waals surface area (Å²) in [6, 6.07) is 9.50. The second-order valence-electron chi connectivity index (χ2n) is 6.30. The molecule has 2 rings (SSSR count). The van der Waals surface area contributed by atoms with Gasteiger partial charge in [0.1, 0.15) is 12.0 Å². The summed E-state index contributed by atoms with van der Waals surface area (Å²) in [5, 5.41) is 0. The number of ketones is 1. The second-order valence-corrected chi connectivity index (χ2v) is 6.30. The van der Waals surface area contributed by atoms with Gasteiger partial charge in [-0.1, -0.05) is 30.3 Å². The van der Waals surface area contributed by atoms with Crippen molar-refractivity contribution in [3.05, 3.63) is 35.9 Å². The highest BCUT2D eigenvalue weighted by Gasteiger charge is 2.42. The van der Waals surface area contributed by atoms with Crippen molar-refractivity contribution in [3.8, 4) is 0 Å². The van der Waals surface area contributed by atoms with Crippen LogP contribution in [0.4, 0.5) is 0 Å². The fraction of sp³-hybridized carbons (Fsp3) is 0.529. The lowest BCUT2D eigenvalue weighted by Gasteiger charge is -2.24. The molecule has 1 saturated heterocycles. The molecule has 4 nitrogen and oxygen atoms in total. The number of Topliss-reactive ketones (excluding diaryl/α,β-unsaturated/α-hetero) is 1. The fourth-order valence-corrected chi connectivity index (χ4v) is 2.66. The Hall–Kier alpha value is -1.68. The van der Waals surface area contributed by atoms with Gasteiger partial charge in [0.15, 0.2) is 5.78 Å². The Labute approximate surface area is 126 Å². The van der Waals surface area contributed by atoms with Gasteiger partial charge in [0.25, 0.3) is 0 Å². The molecule has 0 aromatic heterocycles. The predicted molar refractivity (Wildman–Crippen MR) is 80.6 cm³/mol. The standard InChI is InChI=1S/C17H23NO3/c1-17(2,15(19)14-9-10-18(3)11-14)16(20)21-12-13-7-5-4-6-8-13/h4-8,14H,9-12H2,1-3H3. The zero-order valence-corrected chi connectivity index (χ0v) is 13.0. The van der Waals surface area contributed by atoms with Gasteiger partial charge in [-0.2, -0.15) is 0 Å². The fourth-order valence-electron chi connectivity index (χ4n) is 2.66. The summed E-state index contributed by atoms with van der Waals surface area (Å²) in [6.07, 6.45) is 0.824. The summed E-state index contributed by atoms with van der Waals surface area (Å²) in [7, 11) is 1.99. The van der Waals surface area contributed by atoms with E-state index >= 15 is 0 Å². The third-order valence-corrected chi connectivity index (χ3v) is 4.10. The van der Waals surface area contributed by atoms with E-state index in [1.807, 2.05) is 37.4 Å². The van der Waals surface area contributed by atoms with Gasteiger partial charge in [-0.3, -0.25) is 9.59 Å². The highest BCUT2D eigenvalue weighted by Crippen LogP contribution is 2.28. The molecule has 1 heterocycles. The zero-order chi connectivity index (χ0) is 15.5. The first-order chi connectivity index (χ1) is 9.91. The molecule has 1 atom stereocenters. The smallest absolute Gasteiger partial charge is 0.319 e. The maximum Gasteiger partial charge on any atom is 0.319 e. The summed E-state index contributed by atoms with van der Waals surface area (Å²) in [5.41, 5.74) is -0.153. The lowest BCUT2D eigenvalue weighted by molar-refractivity contribution is -0.160. The molecule has 114 valence electrons. The van der Waals surface area contributed by atoms with E-state index in [4.69, 9.17) is 4.74 Å². The van der Waals surface area contributed by atoms with E-state index in [0.717, 1.165) is 25.1 Å². The molecular weight excluding hydrogens is 266 g/mol. The third kappa shape index (κ3) is 3.70. The molecule has 0 N–H and O–H groups in total. The normalized spacial score (nSPS) is 19.5. The first-order valence-electron chi connectivity index (χ1n) is 7.35. The number of benzene rings is 1. The van der Waals surface area contributed by atoms with Crippen LogP contribution in [-0.2, 0) is 20.9 Å². The van der Waals surface area contributed by atoms with Gasteiger partial charge >= 0.3 is 5.97 Å². The molecule has 0 aliphatic carbocycles. The third-order valence-electron chi connectivity index (χ3n) is 4.10. The molecule has 4 heteroatoms. The minimum absolute atomic E-state index is 0.00934. The van der Waals surface area contributed by atoms with E-state index in [0.29, 0.717) is 0 Å². The van der Waals surface area contributed by atoms with Crippen LogP contribution in [0.2, 0.25) is 0 Å². The molecule has 0 amide bonds. The van der Waals surface area contributed by atoms with Crippen LogP contribution < -0.4 is 0 Å². The predicted octanol–water partition coefficient (Wildman–Crippen LogP) is 2.28. The average Bonchev–Trinajstić information content (AvgIpc) is 2.91. The minimum Gasteiger partial charge on any atom is -0.460 e. The molecule has 0 saturated carbocycles. The molecule has 1 aliphatic rings. The number of carbonyl (C=O) groups is 2. The largest absolute Gasteiger partial charge is 0.460 e. The number of hydrogen-bond acceptors (Lipinski definition) is 4. The molecule has 1 aromatic carbocycles. The molecule has 0 spiro atoms. The number of ether oxygens (including phenoxy) is 1. The first kappa shape index (κ1) is 15.7. The summed E-state index contributed by atoms with van der Waals surface area (Å²) in [4.78, 5) is 26.9. The highest BCUT2D eigenvalue weighted by molar-refractivity contribution is 6.04. The van der Waals surface area contributed by atoms with E-state index in [-0.39, 0.29) is 18.3 Å². The van der Waals surface area contributed by atoms with Crippen molar-refractivity contribution < 1.29 is 14.3 Å². The van der Waals surface area contributed by atoms with Crippen LogP contribution in [-0.4, -0.2) is 36.8 Å². The van der Waals surface area contributed by atoms with Crippen LogP contribution in [0.15, 0.2) is 30.3 Å². The van der Waals surface area contributed by atoms with Crippen molar-refractivity contribution in [3.63, 3.8) is 0 Å². The molecular formula is C17H23NO3. The molecule has 1 aromatic rings. The van der Waals surface area contributed by atoms with E-state index in [1.165, 1.54) is 0 Å². The number of rotatable bonds is 5. The van der Waals surface area contributed by atoms with Gasteiger partial charge in [-0.05, 0) is 39.4 Å². The molecule has 0 bridgehead atoms. The monoisotopic (exact) mass is 289 g/mol. The SMILES string of the molecule is CN1CCC(C(=O)C(C)(C)C(=O)OCc2ccccc2)C1. The number of carbonyl (C=O) groups excluding carboxylic acids is 2. The van der Waals surface area contributed by atoms with Crippen molar-refractivity contribution in [2.75, 3.05) is 20.1 Å². The van der Waals surface area contributed by atoms with Gasteiger partial charge in [0.2, 0.25) is 0 Å². The first-order valence-corrected chi connectivity index (χ1v) is 7.35. The van der Waals surface area contributed by atoms with E-state index < -0.39 is 11.4 Å². The molecule has 1 fully saturated rings. The summed E-state index contributed by atoms with van der Waals surface area (Å²) in [6.45, 7) is 5.18. The lowest BCUT2D eigenvalue weighted by atomic mass is 9.81. The number of likely N-dealkylation sites (tertiary alicyclic amines) is 1. The average molecular weight is 289 g/mol. The Bertz CT molecular complexity index is 510. The van der Waals surface area contributed by atoms with Crippen LogP contribution in [0, 0.1) is 11.3 Å². The lowest BCUT2D eigenvalue weighted by Crippen LogP contribution is -2.39. The quantitative estimate of drug-likeness (QED) is 0.616. The summed E-state index contributed by atoms with van der Waals surface area (Å²) >= 11 is 0. The Morgan fingerprint density at radius 3 is 2.52 bits per heavy atom. The number of nitrogens with zero attached hydrogens (tertiary/aromatic N) is 1. The minimum atomic E-state index is -1.08. The second kappa shape index (κ2) is 6.39. The van der Waals surface area contributed by atoms with Gasteiger partial charge in [-0.25, -0.2) is 0 Å². The zero-order valence-electron chi connectivity index (χ0n) is 13.0. The Kier molecular flexibility index (Phi) is 4.78. The van der Waals surface area contributed by atoms with Crippen LogP contribution in [0.1, 0.15) is 25.8 Å². The van der Waals surface area contributed by atoms with Crippen molar-refractivity contribution >= 4 is 11.8 Å². The molecule has 1 aliphatic heterocycles. The van der Waals surface area contributed by atoms with Gasteiger partial charge in [0, 0.05) is 12.5 Å². The van der Waals surface area contributed by atoms with Gasteiger partial charge in [-0.15, -0.1) is 0 Å². The molecule has 1 unspecified atom stereocenters. The maximum absolute atomic E-state index is 12.5. The van der Waals surface area contributed by atoms with Crippen molar-refractivity contribution in [1.82, 2.24) is 4.90 Å². The van der Waals surface area contributed by atoms with Crippen LogP contribution >= 0.6 is 0 Å². The van der Waals surface area contributed by atoms with Crippen molar-refractivity contribution in [2.24, 2.45) is 11.3 Å². The van der Waals surface area contributed by atoms with E-state index in [1.54, 1.807) is 13.8 Å². The summed E-state index contributed by atoms with van der Waals surface area (Å²) in [5.74, 6) is -0.509. The van der Waals surface area contributed by atoms with Gasteiger partial charge in [0.05, 0.1) is 0 Å². The molecule has 0 radical (unpaired) electrons. The van der Waals surface area contributed by atoms with Crippen molar-refractivity contribution in [1.29, 1.82) is 0 Å². The maximum atomic E-state index is 12.5. The van der Waals surface area contributed by atoms with Crippen LogP contribution in [0.3, 0.4) is 0 Å².